The van der Waals surface area contributed by atoms with Gasteiger partial charge in [-0.05, 0) is 37.1 Å². The molecule has 0 aliphatic carbocycles. The van der Waals surface area contributed by atoms with Gasteiger partial charge < -0.3 is 5.32 Å². The normalized spacial score (nSPS) is 9.56. The Hall–Kier alpha value is -1.79. The number of hydrogen-bond acceptors (Lipinski definition) is 2. The maximum Gasteiger partial charge on any atom is 0.238 e. The van der Waals surface area contributed by atoms with Crippen molar-refractivity contribution in [3.63, 3.8) is 0 Å². The lowest BCUT2D eigenvalue weighted by molar-refractivity contribution is -0.115. The summed E-state index contributed by atoms with van der Waals surface area (Å²) in [7, 11) is 0. The number of rotatable bonds is 4. The topological polar surface area (TPSA) is 41.1 Å². The second-order valence-electron chi connectivity index (χ2n) is 3.65. The van der Waals surface area contributed by atoms with Crippen molar-refractivity contribution in [2.24, 2.45) is 0 Å². The molecule has 0 heterocycles. The monoisotopic (exact) mass is 216 g/mol. The molecule has 0 unspecified atom stereocenters. The molecule has 0 radical (unpaired) electrons. The van der Waals surface area contributed by atoms with Gasteiger partial charge in [-0.15, -0.1) is 6.42 Å². The van der Waals surface area contributed by atoms with Gasteiger partial charge in [0.2, 0.25) is 5.91 Å². The number of terminal acetylenes is 1. The van der Waals surface area contributed by atoms with Gasteiger partial charge in [0.05, 0.1) is 13.1 Å². The molecule has 0 aliphatic heterocycles. The number of carbonyl (C=O) groups excluding carboxylic acids is 1. The van der Waals surface area contributed by atoms with Crippen molar-refractivity contribution in [3.05, 3.63) is 29.3 Å². The fourth-order valence-corrected chi connectivity index (χ4v) is 1.27. The van der Waals surface area contributed by atoms with Crippen LogP contribution in [-0.4, -0.2) is 19.0 Å². The molecule has 1 aromatic carbocycles. The third kappa shape index (κ3) is 3.76. The zero-order valence-corrected chi connectivity index (χ0v) is 9.63. The minimum atomic E-state index is -0.0847. The number of hydrogen-bond donors (Lipinski definition) is 2. The van der Waals surface area contributed by atoms with E-state index < -0.39 is 0 Å². The van der Waals surface area contributed by atoms with Gasteiger partial charge >= 0.3 is 0 Å². The molecular weight excluding hydrogens is 200 g/mol. The van der Waals surface area contributed by atoms with Crippen molar-refractivity contribution in [3.8, 4) is 12.3 Å². The van der Waals surface area contributed by atoms with Crippen LogP contribution in [0.5, 0.6) is 0 Å². The summed E-state index contributed by atoms with van der Waals surface area (Å²) in [5.74, 6) is 2.33. The van der Waals surface area contributed by atoms with Crippen molar-refractivity contribution in [2.45, 2.75) is 13.8 Å². The fourth-order valence-electron chi connectivity index (χ4n) is 1.27. The van der Waals surface area contributed by atoms with Crippen molar-refractivity contribution in [2.75, 3.05) is 18.4 Å². The Kier molecular flexibility index (Phi) is 4.56. The van der Waals surface area contributed by atoms with Gasteiger partial charge in [0.25, 0.3) is 0 Å². The number of aryl methyl sites for hydroxylation is 2. The van der Waals surface area contributed by atoms with E-state index in [0.29, 0.717) is 6.54 Å². The summed E-state index contributed by atoms with van der Waals surface area (Å²) in [4.78, 5) is 11.4. The van der Waals surface area contributed by atoms with Crippen molar-refractivity contribution < 1.29 is 4.79 Å². The summed E-state index contributed by atoms with van der Waals surface area (Å²) in [5, 5.41) is 5.63. The second kappa shape index (κ2) is 5.94. The summed E-state index contributed by atoms with van der Waals surface area (Å²) >= 11 is 0. The van der Waals surface area contributed by atoms with E-state index >= 15 is 0 Å². The maximum atomic E-state index is 11.4. The molecular formula is C13H16N2O. The lowest BCUT2D eigenvalue weighted by atomic mass is 10.1. The van der Waals surface area contributed by atoms with Crippen LogP contribution in [0.4, 0.5) is 5.69 Å². The van der Waals surface area contributed by atoms with Crippen molar-refractivity contribution >= 4 is 11.6 Å². The van der Waals surface area contributed by atoms with Crippen LogP contribution >= 0.6 is 0 Å². The number of amides is 1. The van der Waals surface area contributed by atoms with E-state index in [-0.39, 0.29) is 12.5 Å². The van der Waals surface area contributed by atoms with Gasteiger partial charge in [0.15, 0.2) is 0 Å². The summed E-state index contributed by atoms with van der Waals surface area (Å²) in [5.41, 5.74) is 3.19. The molecule has 2 N–H and O–H groups in total. The van der Waals surface area contributed by atoms with E-state index in [1.165, 1.54) is 5.56 Å². The van der Waals surface area contributed by atoms with Crippen LogP contribution in [0.25, 0.3) is 0 Å². The Morgan fingerprint density at radius 1 is 1.38 bits per heavy atom. The SMILES string of the molecule is C#CCNCC(=O)Nc1ccc(C)c(C)c1. The summed E-state index contributed by atoms with van der Waals surface area (Å²) in [6.45, 7) is 4.69. The first-order valence-corrected chi connectivity index (χ1v) is 5.15. The Morgan fingerprint density at radius 3 is 2.75 bits per heavy atom. The largest absolute Gasteiger partial charge is 0.325 e. The smallest absolute Gasteiger partial charge is 0.238 e. The van der Waals surface area contributed by atoms with Crippen LogP contribution in [0.1, 0.15) is 11.1 Å². The molecule has 1 aromatic rings. The van der Waals surface area contributed by atoms with E-state index in [4.69, 9.17) is 6.42 Å². The summed E-state index contributed by atoms with van der Waals surface area (Å²) < 4.78 is 0. The Bertz CT molecular complexity index is 418. The quantitative estimate of drug-likeness (QED) is 0.591. The molecule has 0 saturated carbocycles. The predicted octanol–water partition coefficient (Wildman–Crippen LogP) is 1.46. The molecule has 3 heteroatoms. The molecule has 0 spiro atoms. The van der Waals surface area contributed by atoms with Crippen LogP contribution in [0, 0.1) is 26.2 Å². The number of carbonyl (C=O) groups is 1. The van der Waals surface area contributed by atoms with Gasteiger partial charge in [-0.1, -0.05) is 12.0 Å². The number of nitrogens with one attached hydrogen (secondary N) is 2. The van der Waals surface area contributed by atoms with Crippen LogP contribution < -0.4 is 10.6 Å². The fraction of sp³-hybridized carbons (Fsp3) is 0.308. The molecule has 0 saturated heterocycles. The highest BCUT2D eigenvalue weighted by Gasteiger charge is 2.01. The van der Waals surface area contributed by atoms with Gasteiger partial charge in [0.1, 0.15) is 0 Å². The molecule has 1 rings (SSSR count). The van der Waals surface area contributed by atoms with Crippen molar-refractivity contribution in [1.82, 2.24) is 5.32 Å². The Balaban J connectivity index is 2.50. The molecule has 16 heavy (non-hydrogen) atoms. The van der Waals surface area contributed by atoms with Crippen LogP contribution in [0.3, 0.4) is 0 Å². The standard InChI is InChI=1S/C13H16N2O/c1-4-7-14-9-13(16)15-12-6-5-10(2)11(3)8-12/h1,5-6,8,14H,7,9H2,2-3H3,(H,15,16). The first-order valence-electron chi connectivity index (χ1n) is 5.15. The molecule has 84 valence electrons. The average Bonchev–Trinajstić information content (AvgIpc) is 2.24. The number of benzene rings is 1. The lowest BCUT2D eigenvalue weighted by Crippen LogP contribution is -2.28. The summed E-state index contributed by atoms with van der Waals surface area (Å²) in [6, 6.07) is 5.83. The predicted molar refractivity (Wildman–Crippen MR) is 66.2 cm³/mol. The zero-order chi connectivity index (χ0) is 12.0. The Morgan fingerprint density at radius 2 is 2.12 bits per heavy atom. The van der Waals surface area contributed by atoms with E-state index in [1.54, 1.807) is 0 Å². The first kappa shape index (κ1) is 12.3. The van der Waals surface area contributed by atoms with E-state index in [0.717, 1.165) is 11.3 Å². The van der Waals surface area contributed by atoms with Gasteiger partial charge in [-0.2, -0.15) is 0 Å². The average molecular weight is 216 g/mol. The second-order valence-corrected chi connectivity index (χ2v) is 3.65. The maximum absolute atomic E-state index is 11.4. The zero-order valence-electron chi connectivity index (χ0n) is 9.63. The van der Waals surface area contributed by atoms with Crippen LogP contribution in [0.15, 0.2) is 18.2 Å². The van der Waals surface area contributed by atoms with Crippen LogP contribution in [-0.2, 0) is 4.79 Å². The third-order valence-corrected chi connectivity index (χ3v) is 2.30. The van der Waals surface area contributed by atoms with E-state index in [9.17, 15) is 4.79 Å². The highest BCUT2D eigenvalue weighted by Crippen LogP contribution is 2.13. The lowest BCUT2D eigenvalue weighted by Gasteiger charge is -2.07. The molecule has 0 atom stereocenters. The molecule has 1 amide bonds. The van der Waals surface area contributed by atoms with Gasteiger partial charge in [-0.25, -0.2) is 0 Å². The van der Waals surface area contributed by atoms with Crippen LogP contribution in [0.2, 0.25) is 0 Å². The van der Waals surface area contributed by atoms with E-state index in [1.807, 2.05) is 32.0 Å². The van der Waals surface area contributed by atoms with Crippen molar-refractivity contribution in [1.29, 1.82) is 0 Å². The minimum Gasteiger partial charge on any atom is -0.325 e. The minimum absolute atomic E-state index is 0.0847. The molecule has 3 nitrogen and oxygen atoms in total. The number of anilines is 1. The highest BCUT2D eigenvalue weighted by molar-refractivity contribution is 5.92. The van der Waals surface area contributed by atoms with E-state index in [2.05, 4.69) is 16.6 Å². The molecule has 0 aliphatic rings. The van der Waals surface area contributed by atoms with Gasteiger partial charge in [0, 0.05) is 5.69 Å². The highest BCUT2D eigenvalue weighted by atomic mass is 16.1. The molecule has 0 bridgehead atoms. The Labute approximate surface area is 96.2 Å². The first-order chi connectivity index (χ1) is 7.63. The molecule has 0 aromatic heterocycles. The van der Waals surface area contributed by atoms with Gasteiger partial charge in [-0.3, -0.25) is 10.1 Å². The third-order valence-electron chi connectivity index (χ3n) is 2.30. The summed E-state index contributed by atoms with van der Waals surface area (Å²) in [6.07, 6.45) is 5.06. The molecule has 0 fully saturated rings.